The van der Waals surface area contributed by atoms with Crippen molar-refractivity contribution in [2.24, 2.45) is 5.10 Å². The van der Waals surface area contributed by atoms with E-state index in [9.17, 15) is 8.42 Å². The number of hydrazone groups is 1. The third kappa shape index (κ3) is 4.25. The van der Waals surface area contributed by atoms with Crippen LogP contribution in [0.4, 0.5) is 0 Å². The topological polar surface area (TPSA) is 58.5 Å². The number of thiophene rings is 1. The summed E-state index contributed by atoms with van der Waals surface area (Å²) in [5.74, 6) is 0. The van der Waals surface area contributed by atoms with Crippen LogP contribution in [0.5, 0.6) is 0 Å². The second kappa shape index (κ2) is 4.08. The Morgan fingerprint density at radius 1 is 1.69 bits per heavy atom. The maximum absolute atomic E-state index is 10.6. The molecule has 4 nitrogen and oxygen atoms in total. The van der Waals surface area contributed by atoms with E-state index in [1.165, 1.54) is 17.6 Å². The quantitative estimate of drug-likeness (QED) is 0.637. The zero-order chi connectivity index (χ0) is 9.90. The van der Waals surface area contributed by atoms with Gasteiger partial charge in [-0.15, -0.1) is 11.3 Å². The third-order valence-electron chi connectivity index (χ3n) is 0.998. The number of rotatable bonds is 3. The molecular formula is C6H7ClN2O2S2. The minimum Gasteiger partial charge on any atom is -0.206 e. The summed E-state index contributed by atoms with van der Waals surface area (Å²) in [5.41, 5.74) is 0. The van der Waals surface area contributed by atoms with Crippen molar-refractivity contribution in [1.82, 2.24) is 4.83 Å². The van der Waals surface area contributed by atoms with Gasteiger partial charge >= 0.3 is 0 Å². The second-order valence-corrected chi connectivity index (χ2v) is 5.40. The molecule has 72 valence electrons. The molecule has 1 aromatic rings. The van der Waals surface area contributed by atoms with Gasteiger partial charge in [0.15, 0.2) is 0 Å². The van der Waals surface area contributed by atoms with Crippen molar-refractivity contribution in [3.05, 3.63) is 21.3 Å². The molecule has 0 aliphatic carbocycles. The summed E-state index contributed by atoms with van der Waals surface area (Å²) in [4.78, 5) is 2.78. The molecule has 1 heterocycles. The van der Waals surface area contributed by atoms with Crippen molar-refractivity contribution in [3.8, 4) is 0 Å². The van der Waals surface area contributed by atoms with Crippen molar-refractivity contribution in [2.45, 2.75) is 0 Å². The van der Waals surface area contributed by atoms with Gasteiger partial charge < -0.3 is 0 Å². The fourth-order valence-electron chi connectivity index (χ4n) is 0.582. The Morgan fingerprint density at radius 3 is 2.85 bits per heavy atom. The van der Waals surface area contributed by atoms with Crippen LogP contribution in [0.2, 0.25) is 5.02 Å². The summed E-state index contributed by atoms with van der Waals surface area (Å²) in [6.45, 7) is 0. The predicted molar refractivity (Wildman–Crippen MR) is 54.9 cm³/mol. The van der Waals surface area contributed by atoms with Gasteiger partial charge in [-0.05, 0) is 6.07 Å². The molecule has 0 radical (unpaired) electrons. The second-order valence-electron chi connectivity index (χ2n) is 2.29. The van der Waals surface area contributed by atoms with Crippen LogP contribution in [-0.4, -0.2) is 20.9 Å². The van der Waals surface area contributed by atoms with Gasteiger partial charge in [-0.2, -0.15) is 5.10 Å². The Hall–Kier alpha value is -0.590. The van der Waals surface area contributed by atoms with E-state index >= 15 is 0 Å². The molecule has 1 N–H and O–H groups in total. The largest absolute Gasteiger partial charge is 0.244 e. The minimum absolute atomic E-state index is 0.616. The van der Waals surface area contributed by atoms with Gasteiger partial charge in [0.05, 0.1) is 17.5 Å². The number of hydrogen-bond donors (Lipinski definition) is 1. The molecule has 1 rings (SSSR count). The summed E-state index contributed by atoms with van der Waals surface area (Å²) in [6.07, 6.45) is 2.43. The van der Waals surface area contributed by atoms with E-state index in [4.69, 9.17) is 11.6 Å². The Kier molecular flexibility index (Phi) is 3.29. The van der Waals surface area contributed by atoms with Crippen molar-refractivity contribution >= 4 is 39.2 Å². The molecule has 0 saturated heterocycles. The molecule has 0 aliphatic rings. The van der Waals surface area contributed by atoms with E-state index in [1.54, 1.807) is 11.4 Å². The number of nitrogens with one attached hydrogen (secondary N) is 1. The van der Waals surface area contributed by atoms with E-state index in [2.05, 4.69) is 5.10 Å². The van der Waals surface area contributed by atoms with Crippen LogP contribution in [0.3, 0.4) is 0 Å². The Bertz CT molecular complexity index is 410. The van der Waals surface area contributed by atoms with Crippen LogP contribution in [0, 0.1) is 0 Å². The van der Waals surface area contributed by atoms with E-state index in [-0.39, 0.29) is 0 Å². The van der Waals surface area contributed by atoms with Gasteiger partial charge in [0.25, 0.3) is 0 Å². The van der Waals surface area contributed by atoms with Gasteiger partial charge in [0, 0.05) is 10.3 Å². The maximum atomic E-state index is 10.6. The summed E-state index contributed by atoms with van der Waals surface area (Å²) in [6, 6.07) is 1.69. The van der Waals surface area contributed by atoms with Crippen molar-refractivity contribution in [1.29, 1.82) is 0 Å². The Balaban J connectivity index is 2.60. The summed E-state index contributed by atoms with van der Waals surface area (Å²) in [5, 5.41) is 5.87. The van der Waals surface area contributed by atoms with Crippen LogP contribution in [0.15, 0.2) is 16.5 Å². The predicted octanol–water partition coefficient (Wildman–Crippen LogP) is 1.28. The molecule has 0 unspecified atom stereocenters. The average Bonchev–Trinajstić information content (AvgIpc) is 2.33. The first-order valence-corrected chi connectivity index (χ1v) is 6.36. The molecule has 0 saturated carbocycles. The maximum Gasteiger partial charge on any atom is 0.244 e. The molecule has 0 atom stereocenters. The first-order valence-electron chi connectivity index (χ1n) is 3.21. The van der Waals surface area contributed by atoms with Crippen molar-refractivity contribution in [3.63, 3.8) is 0 Å². The third-order valence-corrected chi connectivity index (χ3v) is 2.65. The smallest absolute Gasteiger partial charge is 0.206 e. The lowest BCUT2D eigenvalue weighted by Crippen LogP contribution is -2.15. The zero-order valence-electron chi connectivity index (χ0n) is 6.69. The number of halogens is 1. The Labute approximate surface area is 85.3 Å². The van der Waals surface area contributed by atoms with Gasteiger partial charge in [0.2, 0.25) is 10.0 Å². The van der Waals surface area contributed by atoms with E-state index < -0.39 is 10.0 Å². The summed E-state index contributed by atoms with van der Waals surface area (Å²) < 4.78 is 21.2. The molecule has 0 aliphatic heterocycles. The lowest BCUT2D eigenvalue weighted by molar-refractivity contribution is 0.591. The zero-order valence-corrected chi connectivity index (χ0v) is 9.08. The molecule has 0 spiro atoms. The molecule has 0 amide bonds. The fourth-order valence-corrected chi connectivity index (χ4v) is 1.77. The fraction of sp³-hybridized carbons (Fsp3) is 0.167. The lowest BCUT2D eigenvalue weighted by Gasteiger charge is -1.92. The normalized spacial score (nSPS) is 12.2. The highest BCUT2D eigenvalue weighted by molar-refractivity contribution is 7.88. The highest BCUT2D eigenvalue weighted by atomic mass is 35.5. The van der Waals surface area contributed by atoms with Gasteiger partial charge in [0.1, 0.15) is 0 Å². The van der Waals surface area contributed by atoms with Crippen LogP contribution >= 0.6 is 22.9 Å². The summed E-state index contributed by atoms with van der Waals surface area (Å²) >= 11 is 7.02. The molecule has 7 heteroatoms. The Morgan fingerprint density at radius 2 is 2.38 bits per heavy atom. The number of sulfonamides is 1. The SMILES string of the molecule is CS(=O)(=O)N/N=C/c1cc(Cl)cs1. The number of hydrogen-bond acceptors (Lipinski definition) is 4. The first-order chi connectivity index (χ1) is 5.97. The molecule has 0 bridgehead atoms. The highest BCUT2D eigenvalue weighted by Crippen LogP contribution is 2.16. The monoisotopic (exact) mass is 238 g/mol. The van der Waals surface area contributed by atoms with Crippen LogP contribution in [0.1, 0.15) is 4.88 Å². The van der Waals surface area contributed by atoms with Gasteiger partial charge in [-0.3, -0.25) is 0 Å². The van der Waals surface area contributed by atoms with E-state index in [1.807, 2.05) is 4.83 Å². The average molecular weight is 239 g/mol. The molecule has 1 aromatic heterocycles. The molecule has 0 aromatic carbocycles. The highest BCUT2D eigenvalue weighted by Gasteiger charge is 1.96. The van der Waals surface area contributed by atoms with Gasteiger partial charge in [-0.25, -0.2) is 13.2 Å². The first kappa shape index (κ1) is 10.5. The van der Waals surface area contributed by atoms with Crippen LogP contribution < -0.4 is 4.83 Å². The number of nitrogens with zero attached hydrogens (tertiary/aromatic N) is 1. The summed E-state index contributed by atoms with van der Waals surface area (Å²) in [7, 11) is -3.26. The van der Waals surface area contributed by atoms with Crippen LogP contribution in [-0.2, 0) is 10.0 Å². The van der Waals surface area contributed by atoms with Gasteiger partial charge in [-0.1, -0.05) is 11.6 Å². The molecule has 0 fully saturated rings. The van der Waals surface area contributed by atoms with Crippen LogP contribution in [0.25, 0.3) is 0 Å². The van der Waals surface area contributed by atoms with Crippen molar-refractivity contribution in [2.75, 3.05) is 6.26 Å². The minimum atomic E-state index is -3.26. The van der Waals surface area contributed by atoms with Crippen molar-refractivity contribution < 1.29 is 8.42 Å². The molecular weight excluding hydrogens is 232 g/mol. The lowest BCUT2D eigenvalue weighted by atomic mass is 10.5. The molecule has 13 heavy (non-hydrogen) atoms. The van der Waals surface area contributed by atoms with E-state index in [0.717, 1.165) is 11.1 Å². The van der Waals surface area contributed by atoms with E-state index in [0.29, 0.717) is 5.02 Å². The standard InChI is InChI=1S/C6H7ClN2O2S2/c1-13(10,11)9-8-3-6-2-5(7)4-12-6/h2-4,9H,1H3/b8-3+.